The summed E-state index contributed by atoms with van der Waals surface area (Å²) in [5.74, 6) is 0.652. The van der Waals surface area contributed by atoms with Gasteiger partial charge in [0, 0.05) is 20.6 Å². The highest BCUT2D eigenvalue weighted by Gasteiger charge is 2.20. The van der Waals surface area contributed by atoms with Crippen LogP contribution < -0.4 is 0 Å². The van der Waals surface area contributed by atoms with Crippen molar-refractivity contribution < 1.29 is 8.42 Å². The van der Waals surface area contributed by atoms with Crippen LogP contribution in [-0.2, 0) is 16.6 Å². The Morgan fingerprint density at radius 2 is 1.82 bits per heavy atom. The average Bonchev–Trinajstić information content (AvgIpc) is 3.32. The van der Waals surface area contributed by atoms with Gasteiger partial charge in [0.25, 0.3) is 0 Å². The first-order valence-corrected chi connectivity index (χ1v) is 10.3. The molecule has 9 heteroatoms. The highest BCUT2D eigenvalue weighted by atomic mass is 32.2. The molecule has 0 N–H and O–H groups in total. The third kappa shape index (κ3) is 2.98. The summed E-state index contributed by atoms with van der Waals surface area (Å²) in [6.07, 6.45) is 1.66. The highest BCUT2D eigenvalue weighted by Crippen LogP contribution is 2.26. The maximum absolute atomic E-state index is 12.4. The second-order valence-corrected chi connectivity index (χ2v) is 8.62. The van der Waals surface area contributed by atoms with Gasteiger partial charge in [-0.25, -0.2) is 17.7 Å². The molecule has 4 rings (SSSR count). The summed E-state index contributed by atoms with van der Waals surface area (Å²) in [5.41, 5.74) is 2.93. The Kier molecular flexibility index (Phi) is 4.48. The summed E-state index contributed by atoms with van der Waals surface area (Å²) < 4.78 is 28.1. The van der Waals surface area contributed by atoms with Gasteiger partial charge in [-0.15, -0.1) is 5.10 Å². The fraction of sp³-hybridized carbons (Fsp3) is 0.211. The van der Waals surface area contributed by atoms with Gasteiger partial charge < -0.3 is 4.57 Å². The molecule has 2 aromatic heterocycles. The predicted octanol–water partition coefficient (Wildman–Crippen LogP) is 2.55. The van der Waals surface area contributed by atoms with Crippen molar-refractivity contribution in [3.63, 3.8) is 0 Å². The van der Waals surface area contributed by atoms with E-state index in [0.29, 0.717) is 23.6 Å². The summed E-state index contributed by atoms with van der Waals surface area (Å²) in [5, 5.41) is 8.89. The molecule has 2 heterocycles. The summed E-state index contributed by atoms with van der Waals surface area (Å²) in [4.78, 5) is 6.42. The van der Waals surface area contributed by atoms with E-state index in [2.05, 4.69) is 15.2 Å². The third-order valence-corrected chi connectivity index (χ3v) is 6.33. The Morgan fingerprint density at radius 3 is 2.50 bits per heavy atom. The Hall–Kier alpha value is -3.04. The number of hydrogen-bond acceptors (Lipinski definition) is 5. The van der Waals surface area contributed by atoms with Crippen molar-refractivity contribution in [2.24, 2.45) is 0 Å². The number of para-hydroxylation sites is 1. The Bertz CT molecular complexity index is 1240. The molecule has 0 aliphatic heterocycles. The van der Waals surface area contributed by atoms with Gasteiger partial charge in [-0.05, 0) is 37.3 Å². The quantitative estimate of drug-likeness (QED) is 0.517. The van der Waals surface area contributed by atoms with Crippen LogP contribution in [0.2, 0.25) is 0 Å². The zero-order valence-corrected chi connectivity index (χ0v) is 16.6. The first kappa shape index (κ1) is 18.3. The van der Waals surface area contributed by atoms with Gasteiger partial charge in [-0.3, -0.25) is 0 Å². The molecule has 0 aliphatic rings. The number of rotatable bonds is 5. The van der Waals surface area contributed by atoms with E-state index in [4.69, 9.17) is 0 Å². The van der Waals surface area contributed by atoms with Gasteiger partial charge in [0.1, 0.15) is 5.69 Å². The van der Waals surface area contributed by atoms with Crippen LogP contribution in [0.5, 0.6) is 0 Å². The number of aryl methyl sites for hydroxylation is 1. The van der Waals surface area contributed by atoms with Gasteiger partial charge in [0.05, 0.1) is 27.8 Å². The van der Waals surface area contributed by atoms with Crippen molar-refractivity contribution in [1.29, 1.82) is 0 Å². The molecule has 0 saturated heterocycles. The number of imidazole rings is 1. The first-order chi connectivity index (χ1) is 13.4. The van der Waals surface area contributed by atoms with Crippen molar-refractivity contribution >= 4 is 21.1 Å². The average molecular weight is 396 g/mol. The summed E-state index contributed by atoms with van der Waals surface area (Å²) >= 11 is 0. The van der Waals surface area contributed by atoms with Gasteiger partial charge >= 0.3 is 0 Å². The van der Waals surface area contributed by atoms with Gasteiger partial charge in [0.2, 0.25) is 10.0 Å². The summed E-state index contributed by atoms with van der Waals surface area (Å²) in [7, 11) is -0.500. The second kappa shape index (κ2) is 6.84. The molecular weight excluding hydrogens is 376 g/mol. The molecule has 0 radical (unpaired) electrons. The Labute approximate surface area is 163 Å². The van der Waals surface area contributed by atoms with E-state index in [1.54, 1.807) is 29.2 Å². The largest absolute Gasteiger partial charge is 0.323 e. The molecule has 0 amide bonds. The van der Waals surface area contributed by atoms with Crippen LogP contribution in [0.25, 0.3) is 28.2 Å². The van der Waals surface area contributed by atoms with E-state index in [-0.39, 0.29) is 4.90 Å². The van der Waals surface area contributed by atoms with E-state index < -0.39 is 10.0 Å². The number of benzene rings is 2. The van der Waals surface area contributed by atoms with Crippen LogP contribution in [0.1, 0.15) is 6.92 Å². The summed E-state index contributed by atoms with van der Waals surface area (Å²) in [6.45, 7) is 2.68. The van der Waals surface area contributed by atoms with E-state index in [9.17, 15) is 8.42 Å². The maximum Gasteiger partial charge on any atom is 0.242 e. The lowest BCUT2D eigenvalue weighted by Crippen LogP contribution is -2.22. The predicted molar refractivity (Wildman–Crippen MR) is 107 cm³/mol. The standard InChI is InChI=1S/C19H20N6O2S/c1-4-24-18-11-10-15(28(26,27)23(2)3)12-16(18)21-19(24)17-13-20-25(22-17)14-8-6-5-7-9-14/h5-13H,4H2,1-3H3. The molecule has 28 heavy (non-hydrogen) atoms. The van der Waals surface area contributed by atoms with Crippen molar-refractivity contribution in [3.8, 4) is 17.2 Å². The number of hydrogen-bond donors (Lipinski definition) is 0. The smallest absolute Gasteiger partial charge is 0.242 e. The zero-order valence-electron chi connectivity index (χ0n) is 15.8. The number of nitrogens with zero attached hydrogens (tertiary/aromatic N) is 6. The van der Waals surface area contributed by atoms with Gasteiger partial charge in [-0.1, -0.05) is 18.2 Å². The SMILES string of the molecule is CCn1c(-c2cnn(-c3ccccc3)n2)nc2cc(S(=O)(=O)N(C)C)ccc21. The molecule has 0 spiro atoms. The third-order valence-electron chi connectivity index (χ3n) is 4.52. The molecular formula is C19H20N6O2S. The van der Waals surface area contributed by atoms with Crippen molar-refractivity contribution in [2.75, 3.05) is 14.1 Å². The minimum atomic E-state index is -3.52. The first-order valence-electron chi connectivity index (χ1n) is 8.83. The van der Waals surface area contributed by atoms with Crippen LogP contribution in [0.15, 0.2) is 59.6 Å². The van der Waals surface area contributed by atoms with E-state index >= 15 is 0 Å². The lowest BCUT2D eigenvalue weighted by Gasteiger charge is -2.11. The minimum absolute atomic E-state index is 0.213. The number of fused-ring (bicyclic) bond motifs is 1. The number of sulfonamides is 1. The lowest BCUT2D eigenvalue weighted by molar-refractivity contribution is 0.521. The van der Waals surface area contributed by atoms with E-state index in [0.717, 1.165) is 11.2 Å². The molecule has 0 saturated carbocycles. The fourth-order valence-corrected chi connectivity index (χ4v) is 3.97. The molecule has 0 bridgehead atoms. The molecule has 8 nitrogen and oxygen atoms in total. The molecule has 0 fully saturated rings. The van der Waals surface area contributed by atoms with Crippen molar-refractivity contribution in [3.05, 3.63) is 54.7 Å². The lowest BCUT2D eigenvalue weighted by atomic mass is 10.3. The van der Waals surface area contributed by atoms with Crippen LogP contribution in [0.4, 0.5) is 0 Å². The fourth-order valence-electron chi connectivity index (χ4n) is 3.05. The molecule has 0 atom stereocenters. The van der Waals surface area contributed by atoms with Crippen molar-refractivity contribution in [1.82, 2.24) is 28.9 Å². The molecule has 4 aromatic rings. The van der Waals surface area contributed by atoms with Crippen molar-refractivity contribution in [2.45, 2.75) is 18.4 Å². The molecule has 144 valence electrons. The zero-order chi connectivity index (χ0) is 19.9. The molecule has 0 unspecified atom stereocenters. The van der Waals surface area contributed by atoms with E-state index in [1.165, 1.54) is 18.4 Å². The van der Waals surface area contributed by atoms with Gasteiger partial charge in [-0.2, -0.15) is 9.90 Å². The van der Waals surface area contributed by atoms with Crippen LogP contribution in [0, 0.1) is 0 Å². The van der Waals surface area contributed by atoms with E-state index in [1.807, 2.05) is 41.8 Å². The van der Waals surface area contributed by atoms with Crippen LogP contribution in [0.3, 0.4) is 0 Å². The Morgan fingerprint density at radius 1 is 1.07 bits per heavy atom. The van der Waals surface area contributed by atoms with Crippen LogP contribution in [-0.4, -0.2) is 51.4 Å². The maximum atomic E-state index is 12.4. The monoisotopic (exact) mass is 396 g/mol. The van der Waals surface area contributed by atoms with Crippen LogP contribution >= 0.6 is 0 Å². The highest BCUT2D eigenvalue weighted by molar-refractivity contribution is 7.89. The minimum Gasteiger partial charge on any atom is -0.323 e. The topological polar surface area (TPSA) is 85.9 Å². The summed E-state index contributed by atoms with van der Waals surface area (Å²) in [6, 6.07) is 14.6. The second-order valence-electron chi connectivity index (χ2n) is 6.47. The Balaban J connectivity index is 1.83. The normalized spacial score (nSPS) is 12.1. The number of aromatic nitrogens is 5. The molecule has 0 aliphatic carbocycles. The van der Waals surface area contributed by atoms with Gasteiger partial charge in [0.15, 0.2) is 5.82 Å². The molecule has 2 aromatic carbocycles.